The van der Waals surface area contributed by atoms with E-state index in [2.05, 4.69) is 15.5 Å². The van der Waals surface area contributed by atoms with Crippen LogP contribution < -0.4 is 10.6 Å². The molecule has 1 unspecified atom stereocenters. The number of urea groups is 1. The van der Waals surface area contributed by atoms with Gasteiger partial charge in [0, 0.05) is 19.1 Å². The third-order valence-corrected chi connectivity index (χ3v) is 3.43. The van der Waals surface area contributed by atoms with Crippen molar-refractivity contribution in [3.63, 3.8) is 0 Å². The highest BCUT2D eigenvalue weighted by molar-refractivity contribution is 5.79. The molecule has 0 aromatic carbocycles. The second kappa shape index (κ2) is 2.38. The van der Waals surface area contributed by atoms with Crippen molar-refractivity contribution in [2.45, 2.75) is 30.8 Å². The minimum Gasteiger partial charge on any atom is -0.336 e. The van der Waals surface area contributed by atoms with Crippen LogP contribution in [0.15, 0.2) is 0 Å². The highest BCUT2D eigenvalue weighted by Crippen LogP contribution is 2.38. The average molecular weight is 181 g/mol. The van der Waals surface area contributed by atoms with Gasteiger partial charge in [-0.25, -0.2) is 4.79 Å². The number of rotatable bonds is 1. The molecule has 0 aromatic rings. The topological polar surface area (TPSA) is 44.4 Å². The molecule has 1 saturated carbocycles. The number of hydrogen-bond donors (Lipinski definition) is 2. The molecule has 4 nitrogen and oxygen atoms in total. The zero-order valence-electron chi connectivity index (χ0n) is 7.68. The van der Waals surface area contributed by atoms with E-state index in [4.69, 9.17) is 0 Å². The Bertz CT molecular complexity index is 243. The van der Waals surface area contributed by atoms with Crippen LogP contribution in [0.5, 0.6) is 0 Å². The molecule has 0 bridgehead atoms. The van der Waals surface area contributed by atoms with Gasteiger partial charge in [-0.1, -0.05) is 0 Å². The van der Waals surface area contributed by atoms with Crippen molar-refractivity contribution in [3.05, 3.63) is 0 Å². The highest BCUT2D eigenvalue weighted by atomic mass is 16.2. The fraction of sp³-hybridized carbons (Fsp3) is 0.889. The zero-order valence-corrected chi connectivity index (χ0v) is 7.68. The van der Waals surface area contributed by atoms with Crippen LogP contribution >= 0.6 is 0 Å². The first-order chi connectivity index (χ1) is 6.32. The third kappa shape index (κ3) is 0.981. The molecule has 1 atom stereocenters. The van der Waals surface area contributed by atoms with E-state index in [0.29, 0.717) is 6.04 Å². The van der Waals surface area contributed by atoms with E-state index in [-0.39, 0.29) is 11.6 Å². The number of carbonyl (C=O) groups is 1. The highest BCUT2D eigenvalue weighted by Gasteiger charge is 2.52. The number of hydrogen-bond acceptors (Lipinski definition) is 2. The Labute approximate surface area is 77.7 Å². The summed E-state index contributed by atoms with van der Waals surface area (Å²) in [4.78, 5) is 13.7. The quantitative estimate of drug-likeness (QED) is 0.593. The maximum absolute atomic E-state index is 11.6. The molecule has 0 aromatic heterocycles. The van der Waals surface area contributed by atoms with E-state index >= 15 is 0 Å². The van der Waals surface area contributed by atoms with E-state index in [9.17, 15) is 4.79 Å². The Morgan fingerprint density at radius 3 is 2.85 bits per heavy atom. The number of carbonyl (C=O) groups excluding carboxylic acids is 1. The molecule has 1 spiro atoms. The van der Waals surface area contributed by atoms with Crippen molar-refractivity contribution >= 4 is 6.03 Å². The molecule has 2 saturated heterocycles. The Morgan fingerprint density at radius 1 is 1.38 bits per heavy atom. The van der Waals surface area contributed by atoms with Crippen LogP contribution in [-0.2, 0) is 0 Å². The van der Waals surface area contributed by atoms with Crippen molar-refractivity contribution in [2.75, 3.05) is 19.6 Å². The molecule has 1 aliphatic carbocycles. The summed E-state index contributed by atoms with van der Waals surface area (Å²) in [6, 6.07) is 0.702. The molecule has 3 fully saturated rings. The van der Waals surface area contributed by atoms with Crippen LogP contribution in [0.25, 0.3) is 0 Å². The van der Waals surface area contributed by atoms with Crippen LogP contribution in [0.1, 0.15) is 19.3 Å². The minimum absolute atomic E-state index is 0.123. The maximum Gasteiger partial charge on any atom is 0.318 e. The zero-order chi connectivity index (χ0) is 8.89. The lowest BCUT2D eigenvalue weighted by molar-refractivity contribution is 0.161. The van der Waals surface area contributed by atoms with Crippen molar-refractivity contribution in [2.24, 2.45) is 0 Å². The normalized spacial score (nSPS) is 38.8. The van der Waals surface area contributed by atoms with Crippen molar-refractivity contribution in [1.29, 1.82) is 0 Å². The monoisotopic (exact) mass is 181 g/mol. The molecule has 4 heteroatoms. The first-order valence-electron chi connectivity index (χ1n) is 5.10. The first-order valence-corrected chi connectivity index (χ1v) is 5.10. The van der Waals surface area contributed by atoms with Gasteiger partial charge in [0.15, 0.2) is 0 Å². The number of amides is 2. The summed E-state index contributed by atoms with van der Waals surface area (Å²) in [5, 5.41) is 6.32. The molecule has 13 heavy (non-hydrogen) atoms. The molecule has 2 aliphatic heterocycles. The third-order valence-electron chi connectivity index (χ3n) is 3.43. The van der Waals surface area contributed by atoms with Crippen molar-refractivity contribution in [1.82, 2.24) is 15.5 Å². The van der Waals surface area contributed by atoms with Gasteiger partial charge >= 0.3 is 6.03 Å². The summed E-state index contributed by atoms with van der Waals surface area (Å²) in [7, 11) is 0. The van der Waals surface area contributed by atoms with Gasteiger partial charge in [0.05, 0.1) is 5.54 Å². The number of nitrogens with zero attached hydrogens (tertiary/aromatic N) is 1. The largest absolute Gasteiger partial charge is 0.336 e. The lowest BCUT2D eigenvalue weighted by Gasteiger charge is -2.32. The van der Waals surface area contributed by atoms with Gasteiger partial charge in [-0.05, 0) is 25.8 Å². The maximum atomic E-state index is 11.6. The van der Waals surface area contributed by atoms with Crippen molar-refractivity contribution in [3.8, 4) is 0 Å². The summed E-state index contributed by atoms with van der Waals surface area (Å²) in [6.45, 7) is 2.87. The van der Waals surface area contributed by atoms with Crippen LogP contribution in [0.2, 0.25) is 0 Å². The van der Waals surface area contributed by atoms with E-state index in [1.807, 2.05) is 0 Å². The predicted molar refractivity (Wildman–Crippen MR) is 48.5 cm³/mol. The lowest BCUT2D eigenvalue weighted by atomic mass is 9.98. The summed E-state index contributed by atoms with van der Waals surface area (Å²) in [5.74, 6) is 0. The Hall–Kier alpha value is -0.770. The smallest absolute Gasteiger partial charge is 0.318 e. The Balaban J connectivity index is 1.89. The summed E-state index contributed by atoms with van der Waals surface area (Å²) in [5.41, 5.74) is 0.123. The number of nitrogens with one attached hydrogen (secondary N) is 2. The fourth-order valence-electron chi connectivity index (χ4n) is 2.60. The van der Waals surface area contributed by atoms with Crippen molar-refractivity contribution < 1.29 is 4.79 Å². The van der Waals surface area contributed by atoms with Crippen LogP contribution in [0.3, 0.4) is 0 Å². The van der Waals surface area contributed by atoms with Crippen LogP contribution in [-0.4, -0.2) is 42.1 Å². The van der Waals surface area contributed by atoms with E-state index < -0.39 is 0 Å². The molecule has 3 rings (SSSR count). The molecule has 2 amide bonds. The predicted octanol–water partition coefficient (Wildman–Crippen LogP) is -0.0939. The van der Waals surface area contributed by atoms with Gasteiger partial charge in [-0.2, -0.15) is 0 Å². The van der Waals surface area contributed by atoms with E-state index in [1.54, 1.807) is 0 Å². The molecule has 2 N–H and O–H groups in total. The van der Waals surface area contributed by atoms with Gasteiger partial charge in [0.2, 0.25) is 0 Å². The average Bonchev–Trinajstić information content (AvgIpc) is 2.75. The SMILES string of the molecule is O=C1NCC2(CCNC2)N1C1CC1. The molecule has 2 heterocycles. The summed E-state index contributed by atoms with van der Waals surface area (Å²) >= 11 is 0. The minimum atomic E-state index is 0.123. The first kappa shape index (κ1) is 7.62. The van der Waals surface area contributed by atoms with E-state index in [1.165, 1.54) is 12.8 Å². The van der Waals surface area contributed by atoms with Gasteiger partial charge in [-0.3, -0.25) is 0 Å². The van der Waals surface area contributed by atoms with Gasteiger partial charge in [-0.15, -0.1) is 0 Å². The van der Waals surface area contributed by atoms with Crippen LogP contribution in [0, 0.1) is 0 Å². The standard InChI is InChI=1S/C9H15N3O/c13-8-11-6-9(3-4-10-5-9)12(8)7-1-2-7/h7,10H,1-6H2,(H,11,13). The Kier molecular flexibility index (Phi) is 1.39. The molecule has 72 valence electrons. The van der Waals surface area contributed by atoms with Crippen LogP contribution in [0.4, 0.5) is 4.79 Å². The van der Waals surface area contributed by atoms with Gasteiger partial charge < -0.3 is 15.5 Å². The second-order valence-corrected chi connectivity index (χ2v) is 4.41. The van der Waals surface area contributed by atoms with Gasteiger partial charge in [0.1, 0.15) is 0 Å². The second-order valence-electron chi connectivity index (χ2n) is 4.41. The fourth-order valence-corrected chi connectivity index (χ4v) is 2.60. The molecular formula is C9H15N3O. The summed E-state index contributed by atoms with van der Waals surface area (Å²) < 4.78 is 0. The molecular weight excluding hydrogens is 166 g/mol. The Morgan fingerprint density at radius 2 is 2.23 bits per heavy atom. The summed E-state index contributed by atoms with van der Waals surface area (Å²) in [6.07, 6.45) is 3.52. The lowest BCUT2D eigenvalue weighted by Crippen LogP contribution is -2.49. The van der Waals surface area contributed by atoms with E-state index in [0.717, 1.165) is 26.1 Å². The molecule has 3 aliphatic rings. The van der Waals surface area contributed by atoms with Gasteiger partial charge in [0.25, 0.3) is 0 Å². The molecule has 0 radical (unpaired) electrons.